The second-order valence-corrected chi connectivity index (χ2v) is 5.08. The number of aromatic amines is 1. The summed E-state index contributed by atoms with van der Waals surface area (Å²) < 4.78 is 18.3. The maximum Gasteiger partial charge on any atom is 0.284 e. The Morgan fingerprint density at radius 2 is 2.11 bits per heavy atom. The number of benzene rings is 1. The van der Waals surface area contributed by atoms with Gasteiger partial charge < -0.3 is 4.42 Å². The van der Waals surface area contributed by atoms with Crippen molar-refractivity contribution < 1.29 is 8.81 Å². The van der Waals surface area contributed by atoms with Gasteiger partial charge in [-0.2, -0.15) is 0 Å². The Hall–Kier alpha value is -1.49. The van der Waals surface area contributed by atoms with Gasteiger partial charge in [-0.3, -0.25) is 0 Å². The number of nitrogens with one attached hydrogen (secondary N) is 1. The number of hydrogen-bond acceptors (Lipinski definition) is 3. The van der Waals surface area contributed by atoms with Crippen LogP contribution in [0.2, 0.25) is 0 Å². The van der Waals surface area contributed by atoms with E-state index in [1.165, 1.54) is 25.0 Å². The molecule has 5 heteroatoms. The number of rotatable bonds is 4. The van der Waals surface area contributed by atoms with E-state index in [0.717, 1.165) is 5.56 Å². The van der Waals surface area contributed by atoms with Gasteiger partial charge in [0.25, 0.3) is 4.84 Å². The number of nitrogens with zero attached hydrogens (tertiary/aromatic N) is 1. The molecule has 0 bridgehead atoms. The summed E-state index contributed by atoms with van der Waals surface area (Å²) in [5, 5.41) is 6.67. The molecule has 0 radical (unpaired) electrons. The maximum absolute atomic E-state index is 12.9. The molecule has 1 aromatic carbocycles. The lowest BCUT2D eigenvalue weighted by molar-refractivity contribution is 0.445. The van der Waals surface area contributed by atoms with Crippen molar-refractivity contribution in [1.82, 2.24) is 10.2 Å². The average molecular weight is 264 g/mol. The fraction of sp³-hybridized carbons (Fsp3) is 0.385. The predicted molar refractivity (Wildman–Crippen MR) is 67.3 cm³/mol. The van der Waals surface area contributed by atoms with E-state index in [0.29, 0.717) is 29.0 Å². The summed E-state index contributed by atoms with van der Waals surface area (Å²) in [6.45, 7) is 0. The van der Waals surface area contributed by atoms with Crippen LogP contribution in [0.4, 0.5) is 4.39 Å². The molecule has 3 nitrogen and oxygen atoms in total. The van der Waals surface area contributed by atoms with E-state index >= 15 is 0 Å². The molecule has 0 amide bonds. The minimum Gasteiger partial charge on any atom is -0.414 e. The molecular formula is C13H13FN2OS. The van der Waals surface area contributed by atoms with E-state index in [9.17, 15) is 4.39 Å². The van der Waals surface area contributed by atoms with Crippen molar-refractivity contribution in [3.05, 3.63) is 46.4 Å². The SMILES string of the molecule is Fc1ccc(C(Cc2n[nH]c(=S)o2)C2CC2)cc1. The van der Waals surface area contributed by atoms with Gasteiger partial charge in [-0.05, 0) is 54.6 Å². The van der Waals surface area contributed by atoms with Gasteiger partial charge in [-0.15, -0.1) is 5.10 Å². The molecule has 2 aromatic rings. The number of aromatic nitrogens is 2. The molecule has 0 saturated heterocycles. The molecule has 1 aliphatic carbocycles. The van der Waals surface area contributed by atoms with Crippen LogP contribution >= 0.6 is 12.2 Å². The molecule has 18 heavy (non-hydrogen) atoms. The molecule has 1 N–H and O–H groups in total. The highest BCUT2D eigenvalue weighted by Crippen LogP contribution is 2.44. The Morgan fingerprint density at radius 3 is 2.67 bits per heavy atom. The largest absolute Gasteiger partial charge is 0.414 e. The zero-order chi connectivity index (χ0) is 12.5. The Bertz CT molecular complexity index is 586. The Kier molecular flexibility index (Phi) is 2.99. The quantitative estimate of drug-likeness (QED) is 0.858. The second kappa shape index (κ2) is 4.65. The normalized spacial score (nSPS) is 16.7. The molecule has 94 valence electrons. The summed E-state index contributed by atoms with van der Waals surface area (Å²) in [7, 11) is 0. The standard InChI is InChI=1S/C13H13FN2OS/c14-10-5-3-9(4-6-10)11(8-1-2-8)7-12-15-16-13(18)17-12/h3-6,8,11H,1-2,7H2,(H,16,18). The molecule has 1 unspecified atom stereocenters. The fourth-order valence-electron chi connectivity index (χ4n) is 2.30. The number of halogens is 1. The van der Waals surface area contributed by atoms with Crippen LogP contribution in [-0.2, 0) is 6.42 Å². The smallest absolute Gasteiger partial charge is 0.284 e. The Labute approximate surface area is 109 Å². The topological polar surface area (TPSA) is 41.8 Å². The lowest BCUT2D eigenvalue weighted by Crippen LogP contribution is -2.06. The van der Waals surface area contributed by atoms with Crippen LogP contribution in [0.15, 0.2) is 28.7 Å². The van der Waals surface area contributed by atoms with Gasteiger partial charge in [0.2, 0.25) is 5.89 Å². The molecule has 1 aromatic heterocycles. The third-order valence-corrected chi connectivity index (χ3v) is 3.54. The van der Waals surface area contributed by atoms with Crippen LogP contribution < -0.4 is 0 Å². The lowest BCUT2D eigenvalue weighted by Gasteiger charge is -2.14. The van der Waals surface area contributed by atoms with Crippen LogP contribution in [0.5, 0.6) is 0 Å². The van der Waals surface area contributed by atoms with Gasteiger partial charge in [0.05, 0.1) is 0 Å². The van der Waals surface area contributed by atoms with Gasteiger partial charge in [0.1, 0.15) is 5.82 Å². The summed E-state index contributed by atoms with van der Waals surface area (Å²) in [4.78, 5) is 0.304. The van der Waals surface area contributed by atoms with Gasteiger partial charge in [0.15, 0.2) is 0 Å². The van der Waals surface area contributed by atoms with Crippen molar-refractivity contribution in [2.75, 3.05) is 0 Å². The zero-order valence-electron chi connectivity index (χ0n) is 9.73. The summed E-state index contributed by atoms with van der Waals surface area (Å²) in [5.74, 6) is 1.41. The van der Waals surface area contributed by atoms with Crippen molar-refractivity contribution in [2.45, 2.75) is 25.2 Å². The zero-order valence-corrected chi connectivity index (χ0v) is 10.5. The van der Waals surface area contributed by atoms with Gasteiger partial charge in [-0.1, -0.05) is 12.1 Å². The molecular weight excluding hydrogens is 251 g/mol. The van der Waals surface area contributed by atoms with E-state index in [-0.39, 0.29) is 5.82 Å². The molecule has 0 aliphatic heterocycles. The number of hydrogen-bond donors (Lipinski definition) is 1. The molecule has 1 saturated carbocycles. The van der Waals surface area contributed by atoms with Crippen molar-refractivity contribution in [1.29, 1.82) is 0 Å². The van der Waals surface area contributed by atoms with Gasteiger partial charge in [-0.25, -0.2) is 9.49 Å². The van der Waals surface area contributed by atoms with Gasteiger partial charge >= 0.3 is 0 Å². The monoisotopic (exact) mass is 264 g/mol. The van der Waals surface area contributed by atoms with Crippen molar-refractivity contribution >= 4 is 12.2 Å². The van der Waals surface area contributed by atoms with E-state index in [2.05, 4.69) is 10.2 Å². The number of H-pyrrole nitrogens is 1. The van der Waals surface area contributed by atoms with E-state index in [1.807, 2.05) is 12.1 Å². The Balaban J connectivity index is 1.84. The highest BCUT2D eigenvalue weighted by Gasteiger charge is 2.33. The summed E-state index contributed by atoms with van der Waals surface area (Å²) in [5.41, 5.74) is 1.14. The first-order valence-corrected chi connectivity index (χ1v) is 6.43. The predicted octanol–water partition coefficient (Wildman–Crippen LogP) is 3.61. The molecule has 1 fully saturated rings. The first kappa shape index (κ1) is 11.6. The minimum atomic E-state index is -0.203. The van der Waals surface area contributed by atoms with E-state index in [4.69, 9.17) is 16.6 Å². The molecule has 1 heterocycles. The first-order valence-electron chi connectivity index (χ1n) is 6.02. The third-order valence-electron chi connectivity index (χ3n) is 3.37. The molecule has 1 atom stereocenters. The van der Waals surface area contributed by atoms with Crippen LogP contribution in [0.25, 0.3) is 0 Å². The van der Waals surface area contributed by atoms with Crippen LogP contribution in [0, 0.1) is 16.6 Å². The molecule has 3 rings (SSSR count). The van der Waals surface area contributed by atoms with Crippen molar-refractivity contribution in [3.63, 3.8) is 0 Å². The lowest BCUT2D eigenvalue weighted by atomic mass is 9.91. The van der Waals surface area contributed by atoms with E-state index < -0.39 is 0 Å². The first-order chi connectivity index (χ1) is 8.72. The van der Waals surface area contributed by atoms with Crippen LogP contribution in [0.3, 0.4) is 0 Å². The molecule has 0 spiro atoms. The summed E-state index contributed by atoms with van der Waals surface area (Å²) in [6.07, 6.45) is 3.14. The van der Waals surface area contributed by atoms with Crippen LogP contribution in [0.1, 0.15) is 30.2 Å². The van der Waals surface area contributed by atoms with Crippen molar-refractivity contribution in [3.8, 4) is 0 Å². The Morgan fingerprint density at radius 1 is 1.39 bits per heavy atom. The fourth-order valence-corrected chi connectivity index (χ4v) is 2.44. The summed E-state index contributed by atoms with van der Waals surface area (Å²) >= 11 is 4.87. The third kappa shape index (κ3) is 2.51. The van der Waals surface area contributed by atoms with Gasteiger partial charge in [0, 0.05) is 6.42 Å². The second-order valence-electron chi connectivity index (χ2n) is 4.71. The van der Waals surface area contributed by atoms with Crippen LogP contribution in [-0.4, -0.2) is 10.2 Å². The average Bonchev–Trinajstić information content (AvgIpc) is 3.12. The molecule has 1 aliphatic rings. The highest BCUT2D eigenvalue weighted by molar-refractivity contribution is 7.71. The van der Waals surface area contributed by atoms with E-state index in [1.54, 1.807) is 0 Å². The maximum atomic E-state index is 12.9. The highest BCUT2D eigenvalue weighted by atomic mass is 32.1. The van der Waals surface area contributed by atoms with Crippen molar-refractivity contribution in [2.24, 2.45) is 5.92 Å². The summed E-state index contributed by atoms with van der Waals surface area (Å²) in [6, 6.07) is 6.70. The minimum absolute atomic E-state index is 0.203.